The van der Waals surface area contributed by atoms with Crippen molar-refractivity contribution in [2.45, 2.75) is 33.2 Å². The molecule has 1 aromatic rings. The van der Waals surface area contributed by atoms with E-state index in [1.807, 2.05) is 12.2 Å². The Morgan fingerprint density at radius 2 is 2.17 bits per heavy atom. The fraction of sp³-hybridized carbons (Fsp3) is 0.500. The first-order valence-electron chi connectivity index (χ1n) is 7.90. The second kappa shape index (κ2) is 7.87. The molecule has 8 heteroatoms. The summed E-state index contributed by atoms with van der Waals surface area (Å²) < 4.78 is 0. The average Bonchev–Trinajstić information content (AvgIpc) is 2.98. The monoisotopic (exact) mass is 333 g/mol. The Bertz CT molecular complexity index is 645. The Hall–Kier alpha value is -2.48. The minimum Gasteiger partial charge on any atom is -0.396 e. The van der Waals surface area contributed by atoms with Crippen LogP contribution in [0.1, 0.15) is 26.0 Å². The molecule has 0 unspecified atom stereocenters. The van der Waals surface area contributed by atoms with Crippen LogP contribution in [0.5, 0.6) is 0 Å². The van der Waals surface area contributed by atoms with Crippen LogP contribution >= 0.6 is 0 Å². The minimum atomic E-state index is -0.193. The molecule has 24 heavy (non-hydrogen) atoms. The maximum atomic E-state index is 11.8. The lowest BCUT2D eigenvalue weighted by atomic mass is 10.1. The van der Waals surface area contributed by atoms with Gasteiger partial charge in [0.25, 0.3) is 0 Å². The first-order chi connectivity index (χ1) is 11.4. The second-order valence-corrected chi connectivity index (χ2v) is 6.08. The summed E-state index contributed by atoms with van der Waals surface area (Å²) in [6.45, 7) is 5.38. The molecule has 0 saturated heterocycles. The number of aliphatic hydroxyl groups excluding tert-OH is 1. The lowest BCUT2D eigenvalue weighted by Gasteiger charge is -2.18. The zero-order valence-electron chi connectivity index (χ0n) is 14.0. The van der Waals surface area contributed by atoms with E-state index < -0.39 is 0 Å². The predicted molar refractivity (Wildman–Crippen MR) is 91.7 cm³/mol. The summed E-state index contributed by atoms with van der Waals surface area (Å²) >= 11 is 0. The number of amides is 2. The van der Waals surface area contributed by atoms with Gasteiger partial charge in [-0.3, -0.25) is 14.9 Å². The molecule has 2 amide bonds. The fourth-order valence-corrected chi connectivity index (χ4v) is 2.41. The molecule has 1 aliphatic rings. The second-order valence-electron chi connectivity index (χ2n) is 6.08. The summed E-state index contributed by atoms with van der Waals surface area (Å²) in [5.41, 5.74) is 1.01. The minimum absolute atomic E-state index is 0.0164. The summed E-state index contributed by atoms with van der Waals surface area (Å²) in [6, 6.07) is -0.0164. The van der Waals surface area contributed by atoms with Crippen molar-refractivity contribution in [1.82, 2.24) is 9.97 Å². The maximum absolute atomic E-state index is 11.8. The van der Waals surface area contributed by atoms with Gasteiger partial charge in [0, 0.05) is 24.5 Å². The van der Waals surface area contributed by atoms with Gasteiger partial charge in [-0.2, -0.15) is 4.98 Å². The summed E-state index contributed by atoms with van der Waals surface area (Å²) in [5.74, 6) is 0.347. The molecule has 1 heterocycles. The molecule has 8 nitrogen and oxygen atoms in total. The number of nitrogens with one attached hydrogen (secondary N) is 3. The number of aromatic nitrogens is 2. The van der Waals surface area contributed by atoms with Gasteiger partial charge in [-0.1, -0.05) is 26.0 Å². The number of nitrogens with zero attached hydrogens (tertiary/aromatic N) is 2. The molecule has 0 spiro atoms. The van der Waals surface area contributed by atoms with Crippen molar-refractivity contribution < 1.29 is 14.7 Å². The van der Waals surface area contributed by atoms with Crippen molar-refractivity contribution in [3.05, 3.63) is 17.8 Å². The van der Waals surface area contributed by atoms with Crippen LogP contribution in [0.15, 0.2) is 12.2 Å². The highest BCUT2D eigenvalue weighted by atomic mass is 16.3. The molecular formula is C16H23N5O3. The quantitative estimate of drug-likeness (QED) is 0.441. The molecule has 0 aliphatic heterocycles. The largest absolute Gasteiger partial charge is 0.396 e. The first kappa shape index (κ1) is 17.9. The Morgan fingerprint density at radius 3 is 2.75 bits per heavy atom. The van der Waals surface area contributed by atoms with Crippen molar-refractivity contribution >= 4 is 29.8 Å². The number of aliphatic hydroxyl groups is 1. The molecular weight excluding hydrogens is 310 g/mol. The molecule has 4 N–H and O–H groups in total. The van der Waals surface area contributed by atoms with Crippen LogP contribution in [-0.2, 0) is 9.59 Å². The Morgan fingerprint density at radius 1 is 1.42 bits per heavy atom. The smallest absolute Gasteiger partial charge is 0.231 e. The molecule has 2 atom stereocenters. The molecule has 0 bridgehead atoms. The SMILES string of the molecule is Cc1nc(NC(=O)C(C)C)nc(N[C@H]2C=C[C@@H](CO)C2)c1NC=O. The van der Waals surface area contributed by atoms with Gasteiger partial charge in [0.1, 0.15) is 5.69 Å². The van der Waals surface area contributed by atoms with Crippen molar-refractivity contribution in [2.24, 2.45) is 11.8 Å². The lowest BCUT2D eigenvalue weighted by Crippen LogP contribution is -2.23. The molecule has 0 saturated carbocycles. The predicted octanol–water partition coefficient (Wildman–Crippen LogP) is 1.30. The number of hydrogen-bond acceptors (Lipinski definition) is 6. The molecule has 130 valence electrons. The number of carbonyl (C=O) groups excluding carboxylic acids is 2. The number of rotatable bonds is 7. The summed E-state index contributed by atoms with van der Waals surface area (Å²) in [6.07, 6.45) is 5.19. The molecule has 0 aromatic carbocycles. The maximum Gasteiger partial charge on any atom is 0.231 e. The van der Waals surface area contributed by atoms with Crippen molar-refractivity contribution in [3.63, 3.8) is 0 Å². The normalized spacial score (nSPS) is 19.4. The van der Waals surface area contributed by atoms with E-state index in [9.17, 15) is 14.7 Å². The number of carbonyl (C=O) groups is 2. The van der Waals surface area contributed by atoms with Gasteiger partial charge < -0.3 is 15.7 Å². The fourth-order valence-electron chi connectivity index (χ4n) is 2.41. The first-order valence-corrected chi connectivity index (χ1v) is 7.90. The summed E-state index contributed by atoms with van der Waals surface area (Å²) in [7, 11) is 0. The van der Waals surface area contributed by atoms with Gasteiger partial charge in [-0.25, -0.2) is 4.98 Å². The summed E-state index contributed by atoms with van der Waals surface area (Å²) in [5, 5.41) is 17.7. The highest BCUT2D eigenvalue weighted by Crippen LogP contribution is 2.27. The molecule has 0 fully saturated rings. The standard InChI is InChI=1S/C16H23N5O3/c1-9(2)15(24)21-16-18-10(3)13(17-8-23)14(20-16)19-12-5-4-11(6-12)7-22/h4-5,8-9,11-12,22H,6-7H2,1-3H3,(H,17,23)(H2,18,19,20,21,24)/t11-,12+/m1/s1. The van der Waals surface area contributed by atoms with Crippen molar-refractivity contribution in [1.29, 1.82) is 0 Å². The number of anilines is 3. The van der Waals surface area contributed by atoms with E-state index >= 15 is 0 Å². The van der Waals surface area contributed by atoms with Gasteiger partial charge in [0.15, 0.2) is 5.82 Å². The van der Waals surface area contributed by atoms with Gasteiger partial charge in [-0.15, -0.1) is 0 Å². The van der Waals surface area contributed by atoms with Crippen LogP contribution in [0.25, 0.3) is 0 Å². The Kier molecular flexibility index (Phi) is 5.86. The van der Waals surface area contributed by atoms with Crippen LogP contribution in [0, 0.1) is 18.8 Å². The van der Waals surface area contributed by atoms with Gasteiger partial charge in [0.2, 0.25) is 18.3 Å². The van der Waals surface area contributed by atoms with E-state index in [1.54, 1.807) is 20.8 Å². The topological polar surface area (TPSA) is 116 Å². The molecule has 2 rings (SSSR count). The third kappa shape index (κ3) is 4.29. The Balaban J connectivity index is 2.25. The van der Waals surface area contributed by atoms with E-state index in [1.165, 1.54) is 0 Å². The van der Waals surface area contributed by atoms with Crippen molar-refractivity contribution in [3.8, 4) is 0 Å². The van der Waals surface area contributed by atoms with Crippen LogP contribution in [0.3, 0.4) is 0 Å². The Labute approximate surface area is 140 Å². The summed E-state index contributed by atoms with van der Waals surface area (Å²) in [4.78, 5) is 31.2. The molecule has 0 radical (unpaired) electrons. The molecule has 1 aliphatic carbocycles. The highest BCUT2D eigenvalue weighted by Gasteiger charge is 2.21. The van der Waals surface area contributed by atoms with Crippen LogP contribution in [0.2, 0.25) is 0 Å². The lowest BCUT2D eigenvalue weighted by molar-refractivity contribution is -0.119. The van der Waals surface area contributed by atoms with Crippen LogP contribution in [0.4, 0.5) is 17.5 Å². The van der Waals surface area contributed by atoms with Crippen molar-refractivity contribution in [2.75, 3.05) is 22.6 Å². The third-order valence-electron chi connectivity index (χ3n) is 3.78. The van der Waals surface area contributed by atoms with Gasteiger partial charge >= 0.3 is 0 Å². The van der Waals surface area contributed by atoms with Gasteiger partial charge in [0.05, 0.1) is 5.69 Å². The third-order valence-corrected chi connectivity index (χ3v) is 3.78. The number of hydrogen-bond donors (Lipinski definition) is 4. The number of aryl methyl sites for hydroxylation is 1. The zero-order valence-corrected chi connectivity index (χ0v) is 14.0. The average molecular weight is 333 g/mol. The van der Waals surface area contributed by atoms with Gasteiger partial charge in [-0.05, 0) is 13.3 Å². The van der Waals surface area contributed by atoms with E-state index in [0.717, 1.165) is 6.42 Å². The van der Waals surface area contributed by atoms with E-state index in [-0.39, 0.29) is 36.3 Å². The van der Waals surface area contributed by atoms with E-state index in [4.69, 9.17) is 0 Å². The van der Waals surface area contributed by atoms with Crippen LogP contribution < -0.4 is 16.0 Å². The molecule has 1 aromatic heterocycles. The zero-order chi connectivity index (χ0) is 17.7. The van der Waals surface area contributed by atoms with E-state index in [0.29, 0.717) is 23.6 Å². The van der Waals surface area contributed by atoms with E-state index in [2.05, 4.69) is 25.9 Å². The van der Waals surface area contributed by atoms with Crippen LogP contribution in [-0.4, -0.2) is 40.0 Å². The highest BCUT2D eigenvalue weighted by molar-refractivity contribution is 5.91.